The largest absolute Gasteiger partial charge is 0.370 e. The number of hydrogen-bond acceptors (Lipinski definition) is 4. The van der Waals surface area contributed by atoms with Crippen molar-refractivity contribution in [3.05, 3.63) is 66.9 Å². The summed E-state index contributed by atoms with van der Waals surface area (Å²) in [5.74, 6) is 0.677. The van der Waals surface area contributed by atoms with E-state index in [1.54, 1.807) is 0 Å². The molecule has 31 heavy (non-hydrogen) atoms. The van der Waals surface area contributed by atoms with Gasteiger partial charge in [-0.15, -0.1) is 0 Å². The molecule has 0 fully saturated rings. The topological polar surface area (TPSA) is 72.1 Å². The summed E-state index contributed by atoms with van der Waals surface area (Å²) in [5.41, 5.74) is 9.14. The fourth-order valence-corrected chi connectivity index (χ4v) is 3.69. The highest BCUT2D eigenvalue weighted by molar-refractivity contribution is 5.78. The summed E-state index contributed by atoms with van der Waals surface area (Å²) in [5, 5.41) is 0. The molecule has 0 aliphatic carbocycles. The molecular weight excluding hydrogens is 384 g/mol. The van der Waals surface area contributed by atoms with E-state index in [1.165, 1.54) is 0 Å². The maximum atomic E-state index is 10.9. The second-order valence-corrected chi connectivity index (χ2v) is 8.08. The first-order valence-corrected chi connectivity index (χ1v) is 11.1. The van der Waals surface area contributed by atoms with Crippen LogP contribution in [-0.2, 0) is 4.79 Å². The van der Waals surface area contributed by atoms with Gasteiger partial charge in [0.15, 0.2) is 0 Å². The molecule has 3 aromatic rings. The van der Waals surface area contributed by atoms with E-state index in [9.17, 15) is 4.79 Å². The Labute approximate surface area is 185 Å². The molecule has 0 saturated heterocycles. The number of primary amides is 1. The standard InChI is InChI=1S/C26H32N4O/c1-20(2)30(18-12-4-3-11-17-23(27)31)24-19-28-25(21-13-7-5-8-14-21)26(29-24)22-15-9-6-10-16-22/h5-10,13-16,19-20H,3-4,11-12,17-18H2,1-2H3,(H2,27,31). The third-order valence-electron chi connectivity index (χ3n) is 5.34. The molecule has 0 unspecified atom stereocenters. The van der Waals surface area contributed by atoms with Crippen molar-refractivity contribution in [2.45, 2.75) is 52.0 Å². The molecule has 0 aliphatic rings. The second kappa shape index (κ2) is 11.3. The molecule has 0 bridgehead atoms. The van der Waals surface area contributed by atoms with Crippen LogP contribution in [-0.4, -0.2) is 28.5 Å². The van der Waals surface area contributed by atoms with E-state index < -0.39 is 0 Å². The molecule has 1 heterocycles. The Hall–Kier alpha value is -3.21. The summed E-state index contributed by atoms with van der Waals surface area (Å²) >= 11 is 0. The first-order chi connectivity index (χ1) is 15.1. The lowest BCUT2D eigenvalue weighted by molar-refractivity contribution is -0.118. The number of unbranched alkanes of at least 4 members (excludes halogenated alkanes) is 3. The molecule has 0 spiro atoms. The molecule has 2 N–H and O–H groups in total. The smallest absolute Gasteiger partial charge is 0.217 e. The fourth-order valence-electron chi connectivity index (χ4n) is 3.69. The summed E-state index contributed by atoms with van der Waals surface area (Å²) in [7, 11) is 0. The summed E-state index contributed by atoms with van der Waals surface area (Å²) < 4.78 is 0. The average molecular weight is 417 g/mol. The number of carbonyl (C=O) groups excluding carboxylic acids is 1. The van der Waals surface area contributed by atoms with Gasteiger partial charge in [0, 0.05) is 30.1 Å². The van der Waals surface area contributed by atoms with Crippen LogP contribution in [0.5, 0.6) is 0 Å². The summed E-state index contributed by atoms with van der Waals surface area (Å²) in [6.45, 7) is 5.27. The molecule has 1 aromatic heterocycles. The molecule has 5 heteroatoms. The normalized spacial score (nSPS) is 10.9. The maximum Gasteiger partial charge on any atom is 0.217 e. The molecule has 0 aliphatic heterocycles. The number of carbonyl (C=O) groups is 1. The van der Waals surface area contributed by atoms with Gasteiger partial charge in [0.05, 0.1) is 17.6 Å². The Morgan fingerprint density at radius 1 is 0.871 bits per heavy atom. The zero-order valence-electron chi connectivity index (χ0n) is 18.5. The Balaban J connectivity index is 1.83. The molecule has 0 radical (unpaired) electrons. The van der Waals surface area contributed by atoms with Gasteiger partial charge in [0.2, 0.25) is 5.91 Å². The lowest BCUT2D eigenvalue weighted by atomic mass is 10.0. The van der Waals surface area contributed by atoms with Crippen LogP contribution in [0.2, 0.25) is 0 Å². The maximum absolute atomic E-state index is 10.9. The van der Waals surface area contributed by atoms with Gasteiger partial charge in [-0.05, 0) is 26.7 Å². The predicted octanol–water partition coefficient (Wildman–Crippen LogP) is 5.46. The van der Waals surface area contributed by atoms with Crippen molar-refractivity contribution in [3.8, 4) is 22.5 Å². The van der Waals surface area contributed by atoms with Gasteiger partial charge in [-0.1, -0.05) is 73.5 Å². The number of benzene rings is 2. The van der Waals surface area contributed by atoms with Crippen molar-refractivity contribution >= 4 is 11.7 Å². The molecule has 0 saturated carbocycles. The quantitative estimate of drug-likeness (QED) is 0.421. The number of anilines is 1. The zero-order chi connectivity index (χ0) is 22.1. The molecular formula is C26H32N4O. The average Bonchev–Trinajstić information content (AvgIpc) is 2.79. The number of nitrogens with two attached hydrogens (primary N) is 1. The lowest BCUT2D eigenvalue weighted by Gasteiger charge is -2.28. The highest BCUT2D eigenvalue weighted by atomic mass is 16.1. The third kappa shape index (κ3) is 6.38. The summed E-state index contributed by atoms with van der Waals surface area (Å²) in [4.78, 5) is 23.1. The second-order valence-electron chi connectivity index (χ2n) is 8.08. The van der Waals surface area contributed by atoms with Crippen LogP contribution < -0.4 is 10.6 Å². The molecule has 0 atom stereocenters. The highest BCUT2D eigenvalue weighted by Crippen LogP contribution is 2.31. The number of amides is 1. The molecule has 162 valence electrons. The van der Waals surface area contributed by atoms with Gasteiger partial charge in [-0.3, -0.25) is 9.78 Å². The predicted molar refractivity (Wildman–Crippen MR) is 128 cm³/mol. The Morgan fingerprint density at radius 3 is 2.03 bits per heavy atom. The number of rotatable bonds is 11. The van der Waals surface area contributed by atoms with Crippen LogP contribution >= 0.6 is 0 Å². The van der Waals surface area contributed by atoms with E-state index in [1.807, 2.05) is 42.6 Å². The minimum Gasteiger partial charge on any atom is -0.370 e. The van der Waals surface area contributed by atoms with E-state index >= 15 is 0 Å². The van der Waals surface area contributed by atoms with E-state index in [-0.39, 0.29) is 5.91 Å². The van der Waals surface area contributed by atoms with Crippen molar-refractivity contribution in [2.75, 3.05) is 11.4 Å². The van der Waals surface area contributed by atoms with Crippen molar-refractivity contribution < 1.29 is 4.79 Å². The van der Waals surface area contributed by atoms with Crippen molar-refractivity contribution in [1.29, 1.82) is 0 Å². The van der Waals surface area contributed by atoms with E-state index in [2.05, 4.69) is 43.0 Å². The van der Waals surface area contributed by atoms with Gasteiger partial charge >= 0.3 is 0 Å². The van der Waals surface area contributed by atoms with Crippen LogP contribution in [0, 0.1) is 0 Å². The Kier molecular flexibility index (Phi) is 8.16. The molecule has 2 aromatic carbocycles. The first kappa shape index (κ1) is 22.5. The van der Waals surface area contributed by atoms with Crippen LogP contribution in [0.4, 0.5) is 5.82 Å². The van der Waals surface area contributed by atoms with Gasteiger partial charge in [-0.2, -0.15) is 0 Å². The fraction of sp³-hybridized carbons (Fsp3) is 0.346. The monoisotopic (exact) mass is 416 g/mol. The van der Waals surface area contributed by atoms with Crippen LogP contribution in [0.1, 0.15) is 46.0 Å². The number of nitrogens with zero attached hydrogens (tertiary/aromatic N) is 3. The van der Waals surface area contributed by atoms with Crippen LogP contribution in [0.15, 0.2) is 66.9 Å². The van der Waals surface area contributed by atoms with Crippen LogP contribution in [0.25, 0.3) is 22.5 Å². The van der Waals surface area contributed by atoms with E-state index in [4.69, 9.17) is 15.7 Å². The van der Waals surface area contributed by atoms with Crippen molar-refractivity contribution in [3.63, 3.8) is 0 Å². The Morgan fingerprint density at radius 2 is 1.45 bits per heavy atom. The number of aromatic nitrogens is 2. The molecule has 3 rings (SSSR count). The van der Waals surface area contributed by atoms with Gasteiger partial charge in [-0.25, -0.2) is 4.98 Å². The lowest BCUT2D eigenvalue weighted by Crippen LogP contribution is -2.32. The van der Waals surface area contributed by atoms with Gasteiger partial charge < -0.3 is 10.6 Å². The van der Waals surface area contributed by atoms with E-state index in [0.29, 0.717) is 12.5 Å². The zero-order valence-corrected chi connectivity index (χ0v) is 18.5. The minimum atomic E-state index is -0.217. The van der Waals surface area contributed by atoms with E-state index in [0.717, 1.165) is 60.6 Å². The Bertz CT molecular complexity index is 958. The van der Waals surface area contributed by atoms with Gasteiger partial charge in [0.1, 0.15) is 5.82 Å². The minimum absolute atomic E-state index is 0.217. The van der Waals surface area contributed by atoms with Crippen molar-refractivity contribution in [2.24, 2.45) is 5.73 Å². The SMILES string of the molecule is CC(C)N(CCCCCCC(N)=O)c1cnc(-c2ccccc2)c(-c2ccccc2)n1. The summed E-state index contributed by atoms with van der Waals surface area (Å²) in [6, 6.07) is 20.8. The summed E-state index contributed by atoms with van der Waals surface area (Å²) in [6.07, 6.45) is 6.35. The number of hydrogen-bond donors (Lipinski definition) is 1. The first-order valence-electron chi connectivity index (χ1n) is 11.1. The van der Waals surface area contributed by atoms with Gasteiger partial charge in [0.25, 0.3) is 0 Å². The third-order valence-corrected chi connectivity index (χ3v) is 5.34. The van der Waals surface area contributed by atoms with Crippen LogP contribution in [0.3, 0.4) is 0 Å². The van der Waals surface area contributed by atoms with Crippen molar-refractivity contribution in [1.82, 2.24) is 9.97 Å². The highest BCUT2D eigenvalue weighted by Gasteiger charge is 2.17. The molecule has 1 amide bonds. The molecule has 5 nitrogen and oxygen atoms in total.